The van der Waals surface area contributed by atoms with E-state index in [4.69, 9.17) is 16.3 Å². The molecule has 1 aromatic heterocycles. The molecular formula is C27H24ClF2N5O2. The highest BCUT2D eigenvalue weighted by Gasteiger charge is 2.29. The molecular weight excluding hydrogens is 500 g/mol. The molecule has 190 valence electrons. The Morgan fingerprint density at radius 2 is 1.62 bits per heavy atom. The highest BCUT2D eigenvalue weighted by molar-refractivity contribution is 6.30. The Bertz CT molecular complexity index is 1400. The average Bonchev–Trinajstić information content (AvgIpc) is 3.30. The van der Waals surface area contributed by atoms with Gasteiger partial charge in [0.25, 0.3) is 5.91 Å². The number of hydrogen-bond donors (Lipinski definition) is 1. The van der Waals surface area contributed by atoms with Crippen LogP contribution in [0.5, 0.6) is 5.75 Å². The Morgan fingerprint density at radius 3 is 2.27 bits per heavy atom. The first-order valence-corrected chi connectivity index (χ1v) is 12.1. The molecule has 0 radical (unpaired) electrons. The summed E-state index contributed by atoms with van der Waals surface area (Å²) >= 11 is 6.07. The molecule has 4 aromatic rings. The highest BCUT2D eigenvalue weighted by Crippen LogP contribution is 2.36. The van der Waals surface area contributed by atoms with E-state index in [0.29, 0.717) is 42.5 Å². The Balaban J connectivity index is 1.42. The number of nitrogens with zero attached hydrogens (tertiary/aromatic N) is 4. The third-order valence-corrected chi connectivity index (χ3v) is 6.44. The Morgan fingerprint density at radius 1 is 0.946 bits per heavy atom. The number of ether oxygens (including phenoxy) is 1. The number of carbonyl (C=O) groups is 1. The zero-order valence-electron chi connectivity index (χ0n) is 20.0. The smallest absolute Gasteiger partial charge is 0.289 e. The van der Waals surface area contributed by atoms with E-state index < -0.39 is 11.7 Å². The minimum atomic E-state index is -0.494. The van der Waals surface area contributed by atoms with Crippen LogP contribution in [0.25, 0.3) is 16.9 Å². The van der Waals surface area contributed by atoms with Gasteiger partial charge in [-0.25, -0.2) is 18.5 Å². The molecule has 1 aliphatic rings. The van der Waals surface area contributed by atoms with Crippen LogP contribution in [-0.2, 0) is 0 Å². The van der Waals surface area contributed by atoms with E-state index in [9.17, 15) is 13.6 Å². The molecule has 1 N–H and O–H groups in total. The van der Waals surface area contributed by atoms with Gasteiger partial charge in [0.1, 0.15) is 23.0 Å². The fourth-order valence-corrected chi connectivity index (χ4v) is 4.46. The molecule has 1 fully saturated rings. The predicted molar refractivity (Wildman–Crippen MR) is 138 cm³/mol. The summed E-state index contributed by atoms with van der Waals surface area (Å²) in [6, 6.07) is 19.5. The molecule has 0 aliphatic carbocycles. The molecule has 1 saturated heterocycles. The molecule has 0 spiro atoms. The highest BCUT2D eigenvalue weighted by atomic mass is 35.5. The summed E-state index contributed by atoms with van der Waals surface area (Å²) in [5.74, 6) is -1.03. The average molecular weight is 524 g/mol. The van der Waals surface area contributed by atoms with Crippen LogP contribution in [0.3, 0.4) is 0 Å². The van der Waals surface area contributed by atoms with Gasteiger partial charge in [0.2, 0.25) is 0 Å². The number of halogens is 3. The Kier molecular flexibility index (Phi) is 7.07. The minimum Gasteiger partial charge on any atom is -0.492 e. The third kappa shape index (κ3) is 5.14. The van der Waals surface area contributed by atoms with Crippen molar-refractivity contribution >= 4 is 23.2 Å². The lowest BCUT2D eigenvalue weighted by Crippen LogP contribution is -2.53. The molecule has 7 nitrogen and oxygen atoms in total. The van der Waals surface area contributed by atoms with E-state index in [0.717, 1.165) is 5.69 Å². The van der Waals surface area contributed by atoms with E-state index >= 15 is 0 Å². The maximum absolute atomic E-state index is 14.8. The van der Waals surface area contributed by atoms with Crippen molar-refractivity contribution in [3.63, 3.8) is 0 Å². The first kappa shape index (κ1) is 24.7. The number of hydrazine groups is 1. The topological polar surface area (TPSA) is 62.6 Å². The van der Waals surface area contributed by atoms with Crippen molar-refractivity contribution in [2.75, 3.05) is 38.2 Å². The molecule has 0 atom stereocenters. The Hall–Kier alpha value is -3.95. The van der Waals surface area contributed by atoms with E-state index in [2.05, 4.69) is 15.4 Å². The number of carbonyl (C=O) groups excluding carboxylic acids is 1. The maximum Gasteiger partial charge on any atom is 0.289 e. The van der Waals surface area contributed by atoms with Gasteiger partial charge < -0.3 is 9.64 Å². The number of nitrogens with one attached hydrogen (secondary N) is 1. The second-order valence-electron chi connectivity index (χ2n) is 8.49. The van der Waals surface area contributed by atoms with Gasteiger partial charge in [-0.2, -0.15) is 5.10 Å². The second kappa shape index (κ2) is 10.6. The maximum atomic E-state index is 14.8. The van der Waals surface area contributed by atoms with Crippen LogP contribution < -0.4 is 15.1 Å². The fourth-order valence-electron chi connectivity index (χ4n) is 4.33. The summed E-state index contributed by atoms with van der Waals surface area (Å²) in [5, 5.41) is 6.82. The molecule has 3 aromatic carbocycles. The van der Waals surface area contributed by atoms with E-state index in [-0.39, 0.29) is 22.9 Å². The van der Waals surface area contributed by atoms with Gasteiger partial charge in [0.15, 0.2) is 11.4 Å². The van der Waals surface area contributed by atoms with Gasteiger partial charge in [0, 0.05) is 42.5 Å². The van der Waals surface area contributed by atoms with Crippen LogP contribution in [0.15, 0.2) is 72.8 Å². The summed E-state index contributed by atoms with van der Waals surface area (Å²) in [6.45, 7) is 2.37. The molecule has 1 amide bonds. The number of amides is 1. The van der Waals surface area contributed by atoms with Crippen LogP contribution in [0, 0.1) is 11.6 Å². The SMILES string of the molecule is COc1c(C(=O)NN2CCN(c3ccc(F)cc3)CC2)nn(-c2ccccc2F)c1-c1ccc(Cl)cc1. The first-order chi connectivity index (χ1) is 17.9. The Labute approximate surface area is 217 Å². The lowest BCUT2D eigenvalue weighted by Gasteiger charge is -2.35. The van der Waals surface area contributed by atoms with Gasteiger partial charge in [0.05, 0.1) is 7.11 Å². The molecule has 5 rings (SSSR count). The molecule has 0 unspecified atom stereocenters. The van der Waals surface area contributed by atoms with Crippen molar-refractivity contribution in [2.24, 2.45) is 0 Å². The predicted octanol–water partition coefficient (Wildman–Crippen LogP) is 4.95. The first-order valence-electron chi connectivity index (χ1n) is 11.7. The van der Waals surface area contributed by atoms with Gasteiger partial charge >= 0.3 is 0 Å². The normalized spacial score (nSPS) is 14.0. The molecule has 1 aliphatic heterocycles. The largest absolute Gasteiger partial charge is 0.492 e. The monoisotopic (exact) mass is 523 g/mol. The number of hydrogen-bond acceptors (Lipinski definition) is 5. The fraction of sp³-hybridized carbons (Fsp3) is 0.185. The summed E-state index contributed by atoms with van der Waals surface area (Å²) in [6.07, 6.45) is 0. The molecule has 0 bridgehead atoms. The quantitative estimate of drug-likeness (QED) is 0.387. The standard InChI is InChI=1S/C27H24ClF2N5O2/c1-37-26-24(27(36)32-34-16-14-33(15-17-34)21-12-10-20(29)11-13-21)31-35(23-5-3-2-4-22(23)30)25(26)18-6-8-19(28)9-7-18/h2-13H,14-17H2,1H3,(H,32,36). The number of piperazine rings is 1. The van der Waals surface area contributed by atoms with Crippen molar-refractivity contribution in [3.05, 3.63) is 95.1 Å². The summed E-state index contributed by atoms with van der Waals surface area (Å²) < 4.78 is 35.1. The lowest BCUT2D eigenvalue weighted by molar-refractivity contribution is 0.0768. The third-order valence-electron chi connectivity index (χ3n) is 6.19. The lowest BCUT2D eigenvalue weighted by atomic mass is 10.1. The van der Waals surface area contributed by atoms with E-state index in [1.165, 1.54) is 30.0 Å². The molecule has 0 saturated carbocycles. The summed E-state index contributed by atoms with van der Waals surface area (Å²) in [5.41, 5.74) is 5.10. The van der Waals surface area contributed by atoms with Crippen LogP contribution in [0.4, 0.5) is 14.5 Å². The zero-order valence-corrected chi connectivity index (χ0v) is 20.8. The van der Waals surface area contributed by atoms with Crippen molar-refractivity contribution in [1.82, 2.24) is 20.2 Å². The summed E-state index contributed by atoms with van der Waals surface area (Å²) in [4.78, 5) is 15.5. The van der Waals surface area contributed by atoms with E-state index in [1.807, 2.05) is 0 Å². The van der Waals surface area contributed by atoms with E-state index in [1.54, 1.807) is 59.6 Å². The number of rotatable bonds is 6. The molecule has 10 heteroatoms. The number of para-hydroxylation sites is 1. The van der Waals surface area contributed by atoms with Crippen LogP contribution in [-0.4, -0.2) is 54.0 Å². The molecule has 2 heterocycles. The number of benzene rings is 3. The van der Waals surface area contributed by atoms with Crippen molar-refractivity contribution in [1.29, 1.82) is 0 Å². The second-order valence-corrected chi connectivity index (χ2v) is 8.93. The number of aromatic nitrogens is 2. The van der Waals surface area contributed by atoms with Gasteiger partial charge in [-0.1, -0.05) is 35.9 Å². The van der Waals surface area contributed by atoms with Gasteiger partial charge in [-0.15, -0.1) is 0 Å². The van der Waals surface area contributed by atoms with Gasteiger partial charge in [-0.3, -0.25) is 10.2 Å². The minimum absolute atomic E-state index is 0.0247. The number of anilines is 1. The van der Waals surface area contributed by atoms with Crippen LogP contribution in [0.2, 0.25) is 5.02 Å². The number of methoxy groups -OCH3 is 1. The van der Waals surface area contributed by atoms with Gasteiger partial charge in [-0.05, 0) is 48.5 Å². The van der Waals surface area contributed by atoms with Crippen LogP contribution >= 0.6 is 11.6 Å². The van der Waals surface area contributed by atoms with Crippen LogP contribution in [0.1, 0.15) is 10.5 Å². The zero-order chi connectivity index (χ0) is 25.9. The van der Waals surface area contributed by atoms with Crippen molar-refractivity contribution in [2.45, 2.75) is 0 Å². The summed E-state index contributed by atoms with van der Waals surface area (Å²) in [7, 11) is 1.44. The molecule has 37 heavy (non-hydrogen) atoms. The van der Waals surface area contributed by atoms with Crippen molar-refractivity contribution in [3.8, 4) is 22.7 Å². The van der Waals surface area contributed by atoms with Crippen molar-refractivity contribution < 1.29 is 18.3 Å².